The molecule has 2 aromatic carbocycles. The average Bonchev–Trinajstić information content (AvgIpc) is 2.55. The Morgan fingerprint density at radius 1 is 1.18 bits per heavy atom. The monoisotopic (exact) mass is 319 g/mol. The van der Waals surface area contributed by atoms with Gasteiger partial charge in [0.2, 0.25) is 5.91 Å². The average molecular weight is 319 g/mol. The van der Waals surface area contributed by atoms with Gasteiger partial charge in [0.05, 0.1) is 7.11 Å². The van der Waals surface area contributed by atoms with Crippen LogP contribution in [0.4, 0.5) is 4.39 Å². The van der Waals surface area contributed by atoms with E-state index in [1.165, 1.54) is 6.07 Å². The van der Waals surface area contributed by atoms with Gasteiger partial charge in [0.25, 0.3) is 0 Å². The summed E-state index contributed by atoms with van der Waals surface area (Å²) in [5.74, 6) is 1.11. The highest BCUT2D eigenvalue weighted by Gasteiger charge is 2.05. The lowest BCUT2D eigenvalue weighted by Crippen LogP contribution is -2.23. The predicted octanol–water partition coefficient (Wildman–Crippen LogP) is 3.63. The third-order valence-electron chi connectivity index (χ3n) is 3.09. The molecule has 0 aliphatic carbocycles. The molecule has 2 aromatic rings. The maximum atomic E-state index is 13.4. The third kappa shape index (κ3) is 5.07. The molecule has 0 aromatic heterocycles. The Bertz CT molecular complexity index is 616. The minimum atomic E-state index is -0.296. The molecule has 0 bridgehead atoms. The molecule has 0 spiro atoms. The number of rotatable bonds is 7. The Morgan fingerprint density at radius 2 is 1.91 bits per heavy atom. The van der Waals surface area contributed by atoms with Crippen LogP contribution in [0.1, 0.15) is 12.0 Å². The van der Waals surface area contributed by atoms with Crippen LogP contribution in [0.3, 0.4) is 0 Å². The van der Waals surface area contributed by atoms with Crippen molar-refractivity contribution in [2.24, 2.45) is 0 Å². The lowest BCUT2D eigenvalue weighted by molar-refractivity contribution is -0.120. The van der Waals surface area contributed by atoms with Crippen molar-refractivity contribution in [3.8, 4) is 5.75 Å². The first kappa shape index (κ1) is 16.4. The van der Waals surface area contributed by atoms with E-state index < -0.39 is 0 Å². The highest BCUT2D eigenvalue weighted by molar-refractivity contribution is 7.99. The van der Waals surface area contributed by atoms with Crippen molar-refractivity contribution in [2.75, 3.05) is 12.9 Å². The molecule has 0 atom stereocenters. The zero-order chi connectivity index (χ0) is 15.8. The van der Waals surface area contributed by atoms with Gasteiger partial charge >= 0.3 is 0 Å². The number of thioether (sulfide) groups is 1. The van der Waals surface area contributed by atoms with Crippen LogP contribution in [-0.4, -0.2) is 18.8 Å². The molecule has 0 saturated carbocycles. The summed E-state index contributed by atoms with van der Waals surface area (Å²) in [5, 5.41) is 2.73. The fourth-order valence-electron chi connectivity index (χ4n) is 1.86. The standard InChI is InChI=1S/C17H18FNO2S/c1-21-14-6-8-15(9-7-14)22-11-10-17(20)19-12-13-4-2-3-5-16(13)18/h2-9H,10-12H2,1H3,(H,19,20). The van der Waals surface area contributed by atoms with Crippen molar-refractivity contribution >= 4 is 17.7 Å². The summed E-state index contributed by atoms with van der Waals surface area (Å²) in [5.41, 5.74) is 0.499. The Morgan fingerprint density at radius 3 is 2.59 bits per heavy atom. The van der Waals surface area contributed by atoms with Gasteiger partial charge in [-0.15, -0.1) is 11.8 Å². The van der Waals surface area contributed by atoms with Crippen LogP contribution in [0.15, 0.2) is 53.4 Å². The van der Waals surface area contributed by atoms with Gasteiger partial charge in [0.15, 0.2) is 0 Å². The molecule has 0 heterocycles. The van der Waals surface area contributed by atoms with Crippen LogP contribution in [-0.2, 0) is 11.3 Å². The molecule has 0 saturated heterocycles. The molecular formula is C17H18FNO2S. The number of methoxy groups -OCH3 is 1. The lowest BCUT2D eigenvalue weighted by atomic mass is 10.2. The van der Waals surface area contributed by atoms with E-state index in [1.807, 2.05) is 24.3 Å². The van der Waals surface area contributed by atoms with Crippen LogP contribution in [0.2, 0.25) is 0 Å². The molecule has 2 rings (SSSR count). The van der Waals surface area contributed by atoms with Gasteiger partial charge in [-0.2, -0.15) is 0 Å². The molecule has 5 heteroatoms. The molecular weight excluding hydrogens is 301 g/mol. The summed E-state index contributed by atoms with van der Waals surface area (Å²) in [6, 6.07) is 14.1. The summed E-state index contributed by atoms with van der Waals surface area (Å²) in [4.78, 5) is 12.8. The normalized spacial score (nSPS) is 10.3. The zero-order valence-corrected chi connectivity index (χ0v) is 13.2. The molecule has 3 nitrogen and oxygen atoms in total. The van der Waals surface area contributed by atoms with Crippen molar-refractivity contribution in [3.05, 3.63) is 59.9 Å². The largest absolute Gasteiger partial charge is 0.497 e. The van der Waals surface area contributed by atoms with E-state index >= 15 is 0 Å². The molecule has 1 amide bonds. The van der Waals surface area contributed by atoms with E-state index in [1.54, 1.807) is 37.1 Å². The topological polar surface area (TPSA) is 38.3 Å². The summed E-state index contributed by atoms with van der Waals surface area (Å²) >= 11 is 1.60. The zero-order valence-electron chi connectivity index (χ0n) is 12.3. The van der Waals surface area contributed by atoms with Crippen molar-refractivity contribution in [2.45, 2.75) is 17.9 Å². The Balaban J connectivity index is 1.70. The molecule has 0 unspecified atom stereocenters. The molecule has 116 valence electrons. The van der Waals surface area contributed by atoms with Crippen molar-refractivity contribution in [1.29, 1.82) is 0 Å². The number of ether oxygens (including phenoxy) is 1. The first-order chi connectivity index (χ1) is 10.7. The summed E-state index contributed by atoms with van der Waals surface area (Å²) in [6.45, 7) is 0.221. The molecule has 1 N–H and O–H groups in total. The van der Waals surface area contributed by atoms with E-state index in [0.717, 1.165) is 10.6 Å². The Hall–Kier alpha value is -2.01. The molecule has 22 heavy (non-hydrogen) atoms. The van der Waals surface area contributed by atoms with Crippen LogP contribution in [0.25, 0.3) is 0 Å². The van der Waals surface area contributed by atoms with E-state index in [0.29, 0.717) is 17.7 Å². The second-order valence-corrected chi connectivity index (χ2v) is 5.81. The quantitative estimate of drug-likeness (QED) is 0.792. The molecule has 0 radical (unpaired) electrons. The van der Waals surface area contributed by atoms with Crippen LogP contribution >= 0.6 is 11.8 Å². The number of carbonyl (C=O) groups is 1. The van der Waals surface area contributed by atoms with E-state index in [9.17, 15) is 9.18 Å². The minimum Gasteiger partial charge on any atom is -0.497 e. The molecule has 0 aliphatic heterocycles. The molecule has 0 fully saturated rings. The second kappa shape index (κ2) is 8.44. The predicted molar refractivity (Wildman–Crippen MR) is 86.6 cm³/mol. The maximum absolute atomic E-state index is 13.4. The summed E-state index contributed by atoms with van der Waals surface area (Å²) in [6.07, 6.45) is 0.394. The number of halogens is 1. The number of benzene rings is 2. The molecule has 0 aliphatic rings. The van der Waals surface area contributed by atoms with E-state index in [-0.39, 0.29) is 18.3 Å². The van der Waals surface area contributed by atoms with Crippen molar-refractivity contribution in [1.82, 2.24) is 5.32 Å². The highest BCUT2D eigenvalue weighted by atomic mass is 32.2. The first-order valence-corrected chi connectivity index (χ1v) is 7.94. The Labute approximate surface area is 133 Å². The van der Waals surface area contributed by atoms with Crippen molar-refractivity contribution in [3.63, 3.8) is 0 Å². The SMILES string of the molecule is COc1ccc(SCCC(=O)NCc2ccccc2F)cc1. The van der Waals surface area contributed by atoms with E-state index in [4.69, 9.17) is 4.74 Å². The number of nitrogens with one attached hydrogen (secondary N) is 1. The fraction of sp³-hybridized carbons (Fsp3) is 0.235. The van der Waals surface area contributed by atoms with Gasteiger partial charge in [-0.3, -0.25) is 4.79 Å². The van der Waals surface area contributed by atoms with Gasteiger partial charge in [-0.25, -0.2) is 4.39 Å². The number of amides is 1. The summed E-state index contributed by atoms with van der Waals surface area (Å²) in [7, 11) is 1.63. The van der Waals surface area contributed by atoms with Crippen molar-refractivity contribution < 1.29 is 13.9 Å². The van der Waals surface area contributed by atoms with Gasteiger partial charge < -0.3 is 10.1 Å². The minimum absolute atomic E-state index is 0.0794. The Kier molecular flexibility index (Phi) is 6.27. The van der Waals surface area contributed by atoms with Crippen LogP contribution < -0.4 is 10.1 Å². The van der Waals surface area contributed by atoms with E-state index in [2.05, 4.69) is 5.32 Å². The van der Waals surface area contributed by atoms with Gasteiger partial charge in [-0.05, 0) is 30.3 Å². The highest BCUT2D eigenvalue weighted by Crippen LogP contribution is 2.21. The van der Waals surface area contributed by atoms with Gasteiger partial charge in [-0.1, -0.05) is 18.2 Å². The third-order valence-corrected chi connectivity index (χ3v) is 4.10. The van der Waals surface area contributed by atoms with Gasteiger partial charge in [0.1, 0.15) is 11.6 Å². The maximum Gasteiger partial charge on any atom is 0.221 e. The number of hydrogen-bond acceptors (Lipinski definition) is 3. The first-order valence-electron chi connectivity index (χ1n) is 6.96. The number of hydrogen-bond donors (Lipinski definition) is 1. The summed E-state index contributed by atoms with van der Waals surface area (Å²) < 4.78 is 18.5. The van der Waals surface area contributed by atoms with Crippen LogP contribution in [0.5, 0.6) is 5.75 Å². The van der Waals surface area contributed by atoms with Gasteiger partial charge in [0, 0.05) is 29.2 Å². The van der Waals surface area contributed by atoms with Crippen LogP contribution in [0, 0.1) is 5.82 Å². The lowest BCUT2D eigenvalue weighted by Gasteiger charge is -2.06. The number of carbonyl (C=O) groups excluding carboxylic acids is 1. The fourth-order valence-corrected chi connectivity index (χ4v) is 2.71. The second-order valence-electron chi connectivity index (χ2n) is 4.64. The smallest absolute Gasteiger partial charge is 0.221 e.